The third-order valence-corrected chi connectivity index (χ3v) is 8.47. The maximum atomic E-state index is 12.7. The van der Waals surface area contributed by atoms with Gasteiger partial charge in [-0.2, -0.15) is 0 Å². The lowest BCUT2D eigenvalue weighted by molar-refractivity contribution is 0.0946. The molecule has 0 unspecified atom stereocenters. The number of carbonyl (C=O) groups is 1. The summed E-state index contributed by atoms with van der Waals surface area (Å²) in [5.41, 5.74) is 3.51. The molecule has 11 heteroatoms. The molecule has 0 fully saturated rings. The van der Waals surface area contributed by atoms with Crippen LogP contribution in [-0.4, -0.2) is 32.4 Å². The van der Waals surface area contributed by atoms with Crippen LogP contribution in [0.1, 0.15) is 26.6 Å². The molecule has 0 saturated carbocycles. The Kier molecular flexibility index (Phi) is 6.64. The molecular weight excluding hydrogens is 527 g/mol. The van der Waals surface area contributed by atoms with Gasteiger partial charge in [0.25, 0.3) is 5.91 Å². The van der Waals surface area contributed by atoms with Crippen molar-refractivity contribution < 1.29 is 14.3 Å². The summed E-state index contributed by atoms with van der Waals surface area (Å²) >= 11 is 4.64. The van der Waals surface area contributed by atoms with Gasteiger partial charge in [0.15, 0.2) is 22.5 Å². The zero-order valence-electron chi connectivity index (χ0n) is 19.7. The van der Waals surface area contributed by atoms with Gasteiger partial charge in [0.1, 0.15) is 10.7 Å². The number of fused-ring (bicyclic) bond motifs is 1. The fraction of sp³-hybridized carbons (Fsp3) is 0.154. The van der Waals surface area contributed by atoms with Crippen molar-refractivity contribution in [3.63, 3.8) is 0 Å². The van der Waals surface area contributed by atoms with Gasteiger partial charge in [0.2, 0.25) is 6.79 Å². The second-order valence-corrected chi connectivity index (χ2v) is 11.1. The van der Waals surface area contributed by atoms with Gasteiger partial charge in [-0.3, -0.25) is 9.36 Å². The Hall–Kier alpha value is -3.67. The van der Waals surface area contributed by atoms with Crippen LogP contribution >= 0.6 is 34.4 Å². The van der Waals surface area contributed by atoms with Crippen molar-refractivity contribution in [3.05, 3.63) is 87.2 Å². The average molecular weight is 548 g/mol. The van der Waals surface area contributed by atoms with Gasteiger partial charge in [-0.1, -0.05) is 36.0 Å². The van der Waals surface area contributed by atoms with Gasteiger partial charge in [-0.05, 0) is 53.8 Å². The predicted octanol–water partition coefficient (Wildman–Crippen LogP) is 5.71. The van der Waals surface area contributed by atoms with E-state index < -0.39 is 0 Å². The normalized spacial score (nSPS) is 12.1. The molecule has 8 nitrogen and oxygen atoms in total. The molecule has 186 valence electrons. The summed E-state index contributed by atoms with van der Waals surface area (Å²) in [5, 5.41) is 17.3. The van der Waals surface area contributed by atoms with E-state index in [2.05, 4.69) is 50.2 Å². The lowest BCUT2D eigenvalue weighted by Crippen LogP contribution is -2.23. The maximum absolute atomic E-state index is 12.7. The number of amides is 1. The molecule has 4 heterocycles. The van der Waals surface area contributed by atoms with E-state index in [1.807, 2.05) is 41.8 Å². The smallest absolute Gasteiger partial charge is 0.271 e. The van der Waals surface area contributed by atoms with Crippen LogP contribution in [0.5, 0.6) is 11.5 Å². The number of hydrogen-bond acceptors (Lipinski definition) is 9. The van der Waals surface area contributed by atoms with Crippen molar-refractivity contribution in [3.8, 4) is 27.9 Å². The summed E-state index contributed by atoms with van der Waals surface area (Å²) in [5.74, 6) is 2.59. The first-order valence-corrected chi connectivity index (χ1v) is 14.2. The van der Waals surface area contributed by atoms with E-state index >= 15 is 0 Å². The molecule has 0 bridgehead atoms. The Bertz CT molecular complexity index is 1560. The summed E-state index contributed by atoms with van der Waals surface area (Å²) < 4.78 is 12.8. The average Bonchev–Trinajstić information content (AvgIpc) is 3.72. The molecule has 1 N–H and O–H groups in total. The van der Waals surface area contributed by atoms with E-state index in [0.717, 1.165) is 43.4 Å². The third kappa shape index (κ3) is 5.10. The largest absolute Gasteiger partial charge is 0.454 e. The SMILES string of the molecule is Cc1cccc(-n2c(SCc3nc(C(=O)NCc4ccc5c(c4)OCO5)cs3)nnc2-c2cccs2)c1. The van der Waals surface area contributed by atoms with Crippen LogP contribution in [0.4, 0.5) is 0 Å². The Morgan fingerprint density at radius 3 is 2.86 bits per heavy atom. The number of aryl methyl sites for hydroxylation is 1. The Morgan fingerprint density at radius 2 is 2.00 bits per heavy atom. The van der Waals surface area contributed by atoms with E-state index in [0.29, 0.717) is 23.7 Å². The Balaban J connectivity index is 1.14. The molecule has 0 aliphatic carbocycles. The number of aromatic nitrogens is 4. The second-order valence-electron chi connectivity index (χ2n) is 8.24. The molecule has 37 heavy (non-hydrogen) atoms. The topological polar surface area (TPSA) is 91.2 Å². The number of rotatable bonds is 8. The molecule has 1 amide bonds. The quantitative estimate of drug-likeness (QED) is 0.249. The van der Waals surface area contributed by atoms with Gasteiger partial charge in [-0.15, -0.1) is 32.9 Å². The van der Waals surface area contributed by atoms with Crippen LogP contribution in [0.25, 0.3) is 16.4 Å². The van der Waals surface area contributed by atoms with E-state index in [-0.39, 0.29) is 12.7 Å². The number of ether oxygens (including phenoxy) is 2. The standard InChI is InChI=1S/C26H21N5O3S3/c1-16-4-2-5-18(10-16)31-24(22-6-3-9-35-22)29-30-26(31)37-14-23-28-19(13-36-23)25(32)27-12-17-7-8-20-21(11-17)34-15-33-20/h2-11,13H,12,14-15H2,1H3,(H,27,32). The number of benzene rings is 2. The number of thiazole rings is 1. The van der Waals surface area contributed by atoms with Crippen LogP contribution < -0.4 is 14.8 Å². The van der Waals surface area contributed by atoms with Crippen LogP contribution in [0.3, 0.4) is 0 Å². The highest BCUT2D eigenvalue weighted by molar-refractivity contribution is 7.98. The molecule has 3 aromatic heterocycles. The lowest BCUT2D eigenvalue weighted by atomic mass is 10.2. The minimum atomic E-state index is -0.215. The van der Waals surface area contributed by atoms with Crippen molar-refractivity contribution in [1.82, 2.24) is 25.1 Å². The van der Waals surface area contributed by atoms with Gasteiger partial charge >= 0.3 is 0 Å². The molecule has 5 aromatic rings. The number of thioether (sulfide) groups is 1. The highest BCUT2D eigenvalue weighted by Gasteiger charge is 2.19. The van der Waals surface area contributed by atoms with Crippen LogP contribution in [0, 0.1) is 6.92 Å². The van der Waals surface area contributed by atoms with E-state index in [1.165, 1.54) is 11.3 Å². The van der Waals surface area contributed by atoms with Crippen molar-refractivity contribution in [1.29, 1.82) is 0 Å². The van der Waals surface area contributed by atoms with Crippen LogP contribution in [0.2, 0.25) is 0 Å². The Morgan fingerprint density at radius 1 is 1.08 bits per heavy atom. The fourth-order valence-corrected chi connectivity index (χ4v) is 6.30. The second kappa shape index (κ2) is 10.4. The van der Waals surface area contributed by atoms with Crippen molar-refractivity contribution in [2.75, 3.05) is 6.79 Å². The summed E-state index contributed by atoms with van der Waals surface area (Å²) in [6.45, 7) is 2.67. The van der Waals surface area contributed by atoms with Crippen molar-refractivity contribution in [2.24, 2.45) is 0 Å². The molecule has 2 aromatic carbocycles. The Labute approximate surface area is 225 Å². The predicted molar refractivity (Wildman–Crippen MR) is 145 cm³/mol. The van der Waals surface area contributed by atoms with Gasteiger partial charge in [0.05, 0.1) is 16.3 Å². The molecule has 0 radical (unpaired) electrons. The van der Waals surface area contributed by atoms with Gasteiger partial charge in [0, 0.05) is 11.9 Å². The molecule has 1 aliphatic heterocycles. The van der Waals surface area contributed by atoms with Crippen molar-refractivity contribution in [2.45, 2.75) is 24.4 Å². The lowest BCUT2D eigenvalue weighted by Gasteiger charge is -2.10. The van der Waals surface area contributed by atoms with Gasteiger partial charge < -0.3 is 14.8 Å². The van der Waals surface area contributed by atoms with Gasteiger partial charge in [-0.25, -0.2) is 4.98 Å². The summed E-state index contributed by atoms with van der Waals surface area (Å²) in [4.78, 5) is 18.3. The zero-order valence-corrected chi connectivity index (χ0v) is 22.2. The maximum Gasteiger partial charge on any atom is 0.271 e. The first-order valence-electron chi connectivity index (χ1n) is 11.4. The molecule has 0 spiro atoms. The number of thiophene rings is 1. The minimum absolute atomic E-state index is 0.215. The molecule has 0 atom stereocenters. The third-order valence-electron chi connectivity index (χ3n) is 5.63. The van der Waals surface area contributed by atoms with Crippen molar-refractivity contribution >= 4 is 40.3 Å². The molecule has 1 aliphatic rings. The van der Waals surface area contributed by atoms with E-state index in [9.17, 15) is 4.79 Å². The van der Waals surface area contributed by atoms with E-state index in [1.54, 1.807) is 28.5 Å². The fourth-order valence-electron chi connectivity index (χ4n) is 3.86. The highest BCUT2D eigenvalue weighted by Crippen LogP contribution is 2.33. The summed E-state index contributed by atoms with van der Waals surface area (Å²) in [7, 11) is 0. The van der Waals surface area contributed by atoms with Crippen LogP contribution in [-0.2, 0) is 12.3 Å². The van der Waals surface area contributed by atoms with E-state index in [4.69, 9.17) is 9.47 Å². The van der Waals surface area contributed by atoms with Crippen LogP contribution in [0.15, 0.2) is 70.5 Å². The molecular formula is C26H21N5O3S3. The number of carbonyl (C=O) groups excluding carboxylic acids is 1. The summed E-state index contributed by atoms with van der Waals surface area (Å²) in [6, 6.07) is 18.0. The number of nitrogens with zero attached hydrogens (tertiary/aromatic N) is 4. The minimum Gasteiger partial charge on any atom is -0.454 e. The molecule has 0 saturated heterocycles. The first kappa shape index (κ1) is 23.7. The summed E-state index contributed by atoms with van der Waals surface area (Å²) in [6.07, 6.45) is 0. The first-order chi connectivity index (χ1) is 18.1. The highest BCUT2D eigenvalue weighted by atomic mass is 32.2. The number of hydrogen-bond donors (Lipinski definition) is 1. The monoisotopic (exact) mass is 547 g/mol. The molecule has 6 rings (SSSR count). The number of nitrogens with one attached hydrogen (secondary N) is 1. The zero-order chi connectivity index (χ0) is 25.2.